The summed E-state index contributed by atoms with van der Waals surface area (Å²) >= 11 is 0. The van der Waals surface area contributed by atoms with Crippen LogP contribution in [0.5, 0.6) is 0 Å². The Morgan fingerprint density at radius 1 is 1.11 bits per heavy atom. The summed E-state index contributed by atoms with van der Waals surface area (Å²) in [6, 6.07) is 12.7. The zero-order chi connectivity index (χ0) is 20.1. The third-order valence-corrected chi connectivity index (χ3v) is 5.32. The predicted octanol–water partition coefficient (Wildman–Crippen LogP) is 3.77. The van der Waals surface area contributed by atoms with E-state index < -0.39 is 0 Å². The molecule has 1 aliphatic rings. The number of amides is 2. The Labute approximate surface area is 164 Å². The van der Waals surface area contributed by atoms with Crippen molar-refractivity contribution < 1.29 is 14.0 Å². The average molecular weight is 383 g/mol. The van der Waals surface area contributed by atoms with Crippen LogP contribution in [0.25, 0.3) is 0 Å². The van der Waals surface area contributed by atoms with Crippen molar-refractivity contribution in [2.24, 2.45) is 11.7 Å². The Balaban J connectivity index is 1.53. The third kappa shape index (κ3) is 5.16. The third-order valence-electron chi connectivity index (χ3n) is 5.32. The van der Waals surface area contributed by atoms with Gasteiger partial charge in [0.2, 0.25) is 5.91 Å². The predicted molar refractivity (Wildman–Crippen MR) is 107 cm³/mol. The van der Waals surface area contributed by atoms with E-state index in [-0.39, 0.29) is 35.6 Å². The van der Waals surface area contributed by atoms with Gasteiger partial charge in [-0.15, -0.1) is 0 Å². The number of carbonyl (C=O) groups excluding carboxylic acids is 2. The highest BCUT2D eigenvalue weighted by Gasteiger charge is 2.26. The molecule has 1 aliphatic carbocycles. The molecule has 0 radical (unpaired) electrons. The quantitative estimate of drug-likeness (QED) is 0.710. The van der Waals surface area contributed by atoms with Crippen LogP contribution in [-0.2, 0) is 4.79 Å². The molecule has 4 N–H and O–H groups in total. The Morgan fingerprint density at radius 2 is 1.79 bits per heavy atom. The summed E-state index contributed by atoms with van der Waals surface area (Å²) in [5.41, 5.74) is 8.01. The maximum absolute atomic E-state index is 13.0. The molecular formula is C22H26FN3O2. The largest absolute Gasteiger partial charge is 0.350 e. The number of nitrogens with one attached hydrogen (secondary N) is 2. The van der Waals surface area contributed by atoms with Gasteiger partial charge in [0.05, 0.1) is 6.04 Å². The number of halogens is 1. The van der Waals surface area contributed by atoms with E-state index in [1.807, 2.05) is 19.1 Å². The van der Waals surface area contributed by atoms with Crippen LogP contribution >= 0.6 is 0 Å². The Hall–Kier alpha value is -2.73. The summed E-state index contributed by atoms with van der Waals surface area (Å²) in [6.07, 6.45) is 3.58. The van der Waals surface area contributed by atoms with Crippen LogP contribution in [0, 0.1) is 11.7 Å². The molecule has 0 spiro atoms. The van der Waals surface area contributed by atoms with Gasteiger partial charge in [-0.2, -0.15) is 0 Å². The summed E-state index contributed by atoms with van der Waals surface area (Å²) in [6.45, 7) is 1.93. The van der Waals surface area contributed by atoms with Crippen LogP contribution in [0.2, 0.25) is 0 Å². The van der Waals surface area contributed by atoms with E-state index in [0.717, 1.165) is 24.8 Å². The number of hydrogen-bond acceptors (Lipinski definition) is 3. The van der Waals surface area contributed by atoms with Gasteiger partial charge in [0.15, 0.2) is 0 Å². The lowest BCUT2D eigenvalue weighted by Crippen LogP contribution is -2.32. The number of nitrogens with two attached hydrogens (primary N) is 1. The maximum Gasteiger partial charge on any atom is 0.255 e. The SMILES string of the molecule is CC(NC(=O)C[C@@H]1CCC[C@H]1N)c1ccc(NC(=O)c2ccc(F)cc2)cc1. The smallest absolute Gasteiger partial charge is 0.255 e. The van der Waals surface area contributed by atoms with E-state index >= 15 is 0 Å². The average Bonchev–Trinajstić information content (AvgIpc) is 3.07. The normalized spacial score (nSPS) is 19.8. The lowest BCUT2D eigenvalue weighted by Gasteiger charge is -2.18. The van der Waals surface area contributed by atoms with Gasteiger partial charge in [-0.05, 0) is 67.6 Å². The van der Waals surface area contributed by atoms with Gasteiger partial charge in [-0.3, -0.25) is 9.59 Å². The Bertz CT molecular complexity index is 821. The molecule has 148 valence electrons. The number of hydrogen-bond donors (Lipinski definition) is 3. The Kier molecular flexibility index (Phi) is 6.41. The molecule has 3 rings (SSSR count). The molecule has 28 heavy (non-hydrogen) atoms. The van der Waals surface area contributed by atoms with Crippen molar-refractivity contribution >= 4 is 17.5 Å². The van der Waals surface area contributed by atoms with Gasteiger partial charge in [0.1, 0.15) is 5.82 Å². The molecular weight excluding hydrogens is 357 g/mol. The fourth-order valence-corrected chi connectivity index (χ4v) is 3.60. The monoisotopic (exact) mass is 383 g/mol. The summed E-state index contributed by atoms with van der Waals surface area (Å²) in [5.74, 6) is -0.395. The molecule has 3 atom stereocenters. The van der Waals surface area contributed by atoms with Crippen LogP contribution < -0.4 is 16.4 Å². The minimum atomic E-state index is -0.383. The standard InChI is InChI=1S/C22H26FN3O2/c1-14(25-21(27)13-17-3-2-4-20(17)24)15-7-11-19(12-8-15)26-22(28)16-5-9-18(23)10-6-16/h5-12,14,17,20H,2-4,13,24H2,1H3,(H,25,27)(H,26,28)/t14?,17-,20+/m0/s1. The fraction of sp³-hybridized carbons (Fsp3) is 0.364. The van der Waals surface area contributed by atoms with E-state index in [2.05, 4.69) is 10.6 Å². The second-order valence-corrected chi connectivity index (χ2v) is 7.43. The summed E-state index contributed by atoms with van der Waals surface area (Å²) in [5, 5.41) is 5.79. The Morgan fingerprint density at radius 3 is 2.39 bits per heavy atom. The lowest BCUT2D eigenvalue weighted by molar-refractivity contribution is -0.122. The van der Waals surface area contributed by atoms with E-state index in [1.54, 1.807) is 12.1 Å². The van der Waals surface area contributed by atoms with E-state index in [9.17, 15) is 14.0 Å². The van der Waals surface area contributed by atoms with Gasteiger partial charge in [0, 0.05) is 23.7 Å². The van der Waals surface area contributed by atoms with Gasteiger partial charge >= 0.3 is 0 Å². The molecule has 2 amide bonds. The highest BCUT2D eigenvalue weighted by molar-refractivity contribution is 6.04. The first-order valence-electron chi connectivity index (χ1n) is 9.64. The van der Waals surface area contributed by atoms with Gasteiger partial charge in [-0.25, -0.2) is 4.39 Å². The molecule has 5 nitrogen and oxygen atoms in total. The maximum atomic E-state index is 13.0. The van der Waals surface area contributed by atoms with E-state index in [4.69, 9.17) is 5.73 Å². The van der Waals surface area contributed by atoms with Crippen molar-refractivity contribution in [1.29, 1.82) is 0 Å². The minimum Gasteiger partial charge on any atom is -0.350 e. The van der Waals surface area contributed by atoms with E-state index in [1.165, 1.54) is 24.3 Å². The molecule has 1 unspecified atom stereocenters. The van der Waals surface area contributed by atoms with Crippen LogP contribution in [0.3, 0.4) is 0 Å². The molecule has 0 heterocycles. The molecule has 2 aromatic carbocycles. The van der Waals surface area contributed by atoms with Crippen LogP contribution in [0.4, 0.5) is 10.1 Å². The summed E-state index contributed by atoms with van der Waals surface area (Å²) < 4.78 is 13.0. The highest BCUT2D eigenvalue weighted by Crippen LogP contribution is 2.27. The van der Waals surface area contributed by atoms with Crippen LogP contribution in [-0.4, -0.2) is 17.9 Å². The highest BCUT2D eigenvalue weighted by atomic mass is 19.1. The van der Waals surface area contributed by atoms with Crippen molar-refractivity contribution in [1.82, 2.24) is 5.32 Å². The topological polar surface area (TPSA) is 84.2 Å². The van der Waals surface area contributed by atoms with Gasteiger partial charge in [-0.1, -0.05) is 18.6 Å². The van der Waals surface area contributed by atoms with Crippen molar-refractivity contribution in [3.8, 4) is 0 Å². The fourth-order valence-electron chi connectivity index (χ4n) is 3.60. The van der Waals surface area contributed by atoms with Crippen molar-refractivity contribution in [3.05, 3.63) is 65.5 Å². The number of benzene rings is 2. The minimum absolute atomic E-state index is 0.0172. The van der Waals surface area contributed by atoms with Crippen LogP contribution in [0.1, 0.15) is 54.6 Å². The number of rotatable bonds is 6. The molecule has 1 fully saturated rings. The second-order valence-electron chi connectivity index (χ2n) is 7.43. The summed E-state index contributed by atoms with van der Waals surface area (Å²) in [4.78, 5) is 24.5. The molecule has 0 aromatic heterocycles. The van der Waals surface area contributed by atoms with Crippen molar-refractivity contribution in [3.63, 3.8) is 0 Å². The van der Waals surface area contributed by atoms with Gasteiger partial charge in [0.25, 0.3) is 5.91 Å². The molecule has 0 saturated heterocycles. The zero-order valence-corrected chi connectivity index (χ0v) is 16.0. The molecule has 6 heteroatoms. The molecule has 0 bridgehead atoms. The second kappa shape index (κ2) is 8.97. The van der Waals surface area contributed by atoms with Crippen molar-refractivity contribution in [2.45, 2.75) is 44.7 Å². The summed E-state index contributed by atoms with van der Waals surface area (Å²) in [7, 11) is 0. The van der Waals surface area contributed by atoms with Gasteiger partial charge < -0.3 is 16.4 Å². The first kappa shape index (κ1) is 20.0. The first-order chi connectivity index (χ1) is 13.4. The number of carbonyl (C=O) groups is 2. The molecule has 0 aliphatic heterocycles. The van der Waals surface area contributed by atoms with E-state index in [0.29, 0.717) is 17.7 Å². The van der Waals surface area contributed by atoms with Crippen LogP contribution in [0.15, 0.2) is 48.5 Å². The first-order valence-corrected chi connectivity index (χ1v) is 9.64. The van der Waals surface area contributed by atoms with Crippen molar-refractivity contribution in [2.75, 3.05) is 5.32 Å². The zero-order valence-electron chi connectivity index (χ0n) is 16.0. The number of anilines is 1. The molecule has 1 saturated carbocycles. The lowest BCUT2D eigenvalue weighted by atomic mass is 9.99. The molecule has 2 aromatic rings.